The first-order chi connectivity index (χ1) is 16.7. The van der Waals surface area contributed by atoms with Gasteiger partial charge in [-0.2, -0.15) is 5.26 Å². The van der Waals surface area contributed by atoms with E-state index in [2.05, 4.69) is 23.1 Å². The first-order valence-electron chi connectivity index (χ1n) is 12.2. The summed E-state index contributed by atoms with van der Waals surface area (Å²) in [6.45, 7) is 5.01. The second-order valence-corrected chi connectivity index (χ2v) is 9.41. The van der Waals surface area contributed by atoms with E-state index >= 15 is 0 Å². The number of hydrogen-bond acceptors (Lipinski definition) is 6. The van der Waals surface area contributed by atoms with Gasteiger partial charge in [0.2, 0.25) is 5.91 Å². The number of amides is 1. The van der Waals surface area contributed by atoms with Crippen molar-refractivity contribution in [3.05, 3.63) is 59.7 Å². The van der Waals surface area contributed by atoms with E-state index in [0.717, 1.165) is 51.0 Å². The predicted molar refractivity (Wildman–Crippen MR) is 127 cm³/mol. The van der Waals surface area contributed by atoms with Crippen LogP contribution in [-0.4, -0.2) is 67.7 Å². The molecule has 2 aromatic carbocycles. The molecule has 0 aliphatic carbocycles. The minimum atomic E-state index is -0.0344. The maximum Gasteiger partial charge on any atom is 0.248 e. The molecule has 3 aliphatic heterocycles. The average molecular weight is 462 g/mol. The lowest BCUT2D eigenvalue weighted by Gasteiger charge is -2.37. The van der Waals surface area contributed by atoms with Crippen LogP contribution in [0.5, 0.6) is 11.5 Å². The zero-order valence-electron chi connectivity index (χ0n) is 19.4. The summed E-state index contributed by atoms with van der Waals surface area (Å²) in [6.07, 6.45) is 3.23. The molecular formula is C27H31N3O4. The first-order valence-corrected chi connectivity index (χ1v) is 12.2. The third kappa shape index (κ3) is 5.35. The largest absolute Gasteiger partial charge is 0.486 e. The number of rotatable bonds is 6. The van der Waals surface area contributed by atoms with E-state index in [4.69, 9.17) is 19.5 Å². The SMILES string of the molecule is N#Cc1ccc2c(c1)O[C@@H](CN1CCC(CCN3CC(c4ccccc4)OCC3=O)CC1)CO2. The molecule has 0 aromatic heterocycles. The summed E-state index contributed by atoms with van der Waals surface area (Å²) in [5.74, 6) is 2.10. The van der Waals surface area contributed by atoms with E-state index in [-0.39, 0.29) is 24.7 Å². The smallest absolute Gasteiger partial charge is 0.248 e. The van der Waals surface area contributed by atoms with Crippen molar-refractivity contribution in [3.63, 3.8) is 0 Å². The number of nitrogens with zero attached hydrogens (tertiary/aromatic N) is 3. The lowest BCUT2D eigenvalue weighted by atomic mass is 9.93. The Kier molecular flexibility index (Phi) is 6.98. The van der Waals surface area contributed by atoms with Crippen LogP contribution in [0.4, 0.5) is 0 Å². The van der Waals surface area contributed by atoms with E-state index in [1.807, 2.05) is 23.1 Å². The number of hydrogen-bond donors (Lipinski definition) is 0. The highest BCUT2D eigenvalue weighted by atomic mass is 16.6. The van der Waals surface area contributed by atoms with Crippen molar-refractivity contribution >= 4 is 5.91 Å². The van der Waals surface area contributed by atoms with Crippen LogP contribution in [0.1, 0.15) is 36.5 Å². The van der Waals surface area contributed by atoms with Crippen molar-refractivity contribution < 1.29 is 19.0 Å². The molecule has 3 aliphatic rings. The third-order valence-electron chi connectivity index (χ3n) is 7.09. The van der Waals surface area contributed by atoms with Crippen molar-refractivity contribution in [2.45, 2.75) is 31.5 Å². The Balaban J connectivity index is 1.06. The molecular weight excluding hydrogens is 430 g/mol. The molecule has 0 radical (unpaired) electrons. The molecule has 178 valence electrons. The molecule has 2 aromatic rings. The predicted octanol–water partition coefficient (Wildman–Crippen LogP) is 3.40. The summed E-state index contributed by atoms with van der Waals surface area (Å²) < 4.78 is 17.7. The number of benzene rings is 2. The zero-order chi connectivity index (χ0) is 23.3. The highest BCUT2D eigenvalue weighted by Crippen LogP contribution is 2.33. The van der Waals surface area contributed by atoms with Gasteiger partial charge >= 0.3 is 0 Å². The molecule has 1 unspecified atom stereocenters. The van der Waals surface area contributed by atoms with Crippen LogP contribution in [0.3, 0.4) is 0 Å². The summed E-state index contributed by atoms with van der Waals surface area (Å²) in [7, 11) is 0. The fourth-order valence-electron chi connectivity index (χ4n) is 5.06. The Morgan fingerprint density at radius 3 is 2.68 bits per heavy atom. The van der Waals surface area contributed by atoms with Gasteiger partial charge in [0.1, 0.15) is 25.4 Å². The summed E-state index contributed by atoms with van der Waals surface area (Å²) in [5.41, 5.74) is 1.71. The second-order valence-electron chi connectivity index (χ2n) is 9.41. The Bertz CT molecular complexity index is 1030. The highest BCUT2D eigenvalue weighted by molar-refractivity contribution is 5.78. The van der Waals surface area contributed by atoms with Gasteiger partial charge in [-0.1, -0.05) is 30.3 Å². The molecule has 2 fully saturated rings. The molecule has 3 heterocycles. The maximum absolute atomic E-state index is 12.4. The zero-order valence-corrected chi connectivity index (χ0v) is 19.4. The summed E-state index contributed by atoms with van der Waals surface area (Å²) >= 11 is 0. The molecule has 7 heteroatoms. The standard InChI is InChI=1S/C27H31N3O4/c28-15-21-6-7-24-25(14-21)34-23(18-32-24)16-29-11-8-20(9-12-29)10-13-30-17-26(33-19-27(30)31)22-4-2-1-3-5-22/h1-7,14,20,23,26H,8-13,16-19H2/t23-,26?/m0/s1. The number of morpholine rings is 1. The van der Waals surface area contributed by atoms with Crippen LogP contribution in [-0.2, 0) is 9.53 Å². The van der Waals surface area contributed by atoms with Crippen LogP contribution in [0.2, 0.25) is 0 Å². The Morgan fingerprint density at radius 2 is 1.88 bits per heavy atom. The van der Waals surface area contributed by atoms with E-state index in [1.54, 1.807) is 18.2 Å². The van der Waals surface area contributed by atoms with Gasteiger partial charge in [-0.15, -0.1) is 0 Å². The number of piperidine rings is 1. The van der Waals surface area contributed by atoms with Crippen LogP contribution >= 0.6 is 0 Å². The molecule has 0 N–H and O–H groups in total. The molecule has 0 bridgehead atoms. The Labute approximate surface area is 200 Å². The second kappa shape index (κ2) is 10.5. The summed E-state index contributed by atoms with van der Waals surface area (Å²) in [5, 5.41) is 9.12. The van der Waals surface area contributed by atoms with E-state index in [1.165, 1.54) is 0 Å². The number of carbonyl (C=O) groups is 1. The molecule has 34 heavy (non-hydrogen) atoms. The van der Waals surface area contributed by atoms with Gasteiger partial charge in [0.05, 0.1) is 18.2 Å². The van der Waals surface area contributed by atoms with Crippen LogP contribution in [0, 0.1) is 17.2 Å². The lowest BCUT2D eigenvalue weighted by molar-refractivity contribution is -0.149. The lowest BCUT2D eigenvalue weighted by Crippen LogP contribution is -2.46. The maximum atomic E-state index is 12.4. The van der Waals surface area contributed by atoms with Gasteiger partial charge in [-0.05, 0) is 56.0 Å². The molecule has 1 amide bonds. The minimum absolute atomic E-state index is 0.0288. The Morgan fingerprint density at radius 1 is 1.06 bits per heavy atom. The van der Waals surface area contributed by atoms with E-state index < -0.39 is 0 Å². The third-order valence-corrected chi connectivity index (χ3v) is 7.09. The van der Waals surface area contributed by atoms with E-state index in [0.29, 0.717) is 36.1 Å². The summed E-state index contributed by atoms with van der Waals surface area (Å²) in [6, 6.07) is 17.6. The normalized spacial score (nSPS) is 23.5. The molecule has 2 atom stereocenters. The molecule has 7 nitrogen and oxygen atoms in total. The summed E-state index contributed by atoms with van der Waals surface area (Å²) in [4.78, 5) is 16.8. The number of carbonyl (C=O) groups excluding carboxylic acids is 1. The monoisotopic (exact) mass is 461 g/mol. The van der Waals surface area contributed by atoms with Crippen molar-refractivity contribution in [2.75, 3.05) is 45.9 Å². The van der Waals surface area contributed by atoms with E-state index in [9.17, 15) is 4.79 Å². The van der Waals surface area contributed by atoms with Gasteiger partial charge in [-0.25, -0.2) is 0 Å². The van der Waals surface area contributed by atoms with Gasteiger partial charge in [0, 0.05) is 19.2 Å². The fraction of sp³-hybridized carbons (Fsp3) is 0.481. The fourth-order valence-corrected chi connectivity index (χ4v) is 5.06. The Hall–Kier alpha value is -3.08. The molecule has 0 spiro atoms. The average Bonchev–Trinajstić information content (AvgIpc) is 2.89. The number of fused-ring (bicyclic) bond motifs is 1. The van der Waals surface area contributed by atoms with Crippen molar-refractivity contribution in [1.82, 2.24) is 9.80 Å². The quantitative estimate of drug-likeness (QED) is 0.657. The van der Waals surface area contributed by atoms with Crippen LogP contribution < -0.4 is 9.47 Å². The number of nitriles is 1. The molecule has 5 rings (SSSR count). The highest BCUT2D eigenvalue weighted by Gasteiger charge is 2.29. The van der Waals surface area contributed by atoms with Crippen molar-refractivity contribution in [3.8, 4) is 17.6 Å². The van der Waals surface area contributed by atoms with Gasteiger partial charge < -0.3 is 19.1 Å². The van der Waals surface area contributed by atoms with Gasteiger partial charge in [-0.3, -0.25) is 9.69 Å². The van der Waals surface area contributed by atoms with Crippen molar-refractivity contribution in [1.29, 1.82) is 5.26 Å². The number of ether oxygens (including phenoxy) is 3. The first kappa shape index (κ1) is 22.7. The van der Waals surface area contributed by atoms with Crippen LogP contribution in [0.15, 0.2) is 48.5 Å². The topological polar surface area (TPSA) is 75.0 Å². The van der Waals surface area contributed by atoms with Crippen molar-refractivity contribution in [2.24, 2.45) is 5.92 Å². The number of likely N-dealkylation sites (tertiary alicyclic amines) is 1. The van der Waals surface area contributed by atoms with Gasteiger partial charge in [0.15, 0.2) is 11.5 Å². The van der Waals surface area contributed by atoms with Crippen LogP contribution in [0.25, 0.3) is 0 Å². The minimum Gasteiger partial charge on any atom is -0.486 e. The van der Waals surface area contributed by atoms with Gasteiger partial charge in [0.25, 0.3) is 0 Å². The molecule has 0 saturated carbocycles. The molecule has 2 saturated heterocycles.